The van der Waals surface area contributed by atoms with Gasteiger partial charge in [-0.15, -0.1) is 0 Å². The van der Waals surface area contributed by atoms with E-state index >= 15 is 0 Å². The zero-order valence-corrected chi connectivity index (χ0v) is 13.7. The maximum absolute atomic E-state index is 12.1. The fourth-order valence-corrected chi connectivity index (χ4v) is 2.95. The van der Waals surface area contributed by atoms with Gasteiger partial charge in [0.15, 0.2) is 0 Å². The molecule has 1 aromatic rings. The molecule has 5 nitrogen and oxygen atoms in total. The molecule has 6 heteroatoms. The van der Waals surface area contributed by atoms with E-state index in [-0.39, 0.29) is 11.8 Å². The van der Waals surface area contributed by atoms with E-state index in [2.05, 4.69) is 22.5 Å². The zero-order chi connectivity index (χ0) is 16.1. The Hall–Kier alpha value is -1.59. The molecule has 1 atom stereocenters. The minimum Gasteiger partial charge on any atom is -0.326 e. The fourth-order valence-electron chi connectivity index (χ4n) is 2.72. The highest BCUT2D eigenvalue weighted by molar-refractivity contribution is 6.34. The third kappa shape index (κ3) is 5.00. The number of benzene rings is 1. The summed E-state index contributed by atoms with van der Waals surface area (Å²) >= 11 is 6.14. The maximum atomic E-state index is 12.1. The van der Waals surface area contributed by atoms with Crippen LogP contribution in [0.5, 0.6) is 0 Å². The van der Waals surface area contributed by atoms with E-state index in [4.69, 9.17) is 11.6 Å². The van der Waals surface area contributed by atoms with Crippen molar-refractivity contribution in [3.63, 3.8) is 0 Å². The molecule has 2 rings (SSSR count). The van der Waals surface area contributed by atoms with E-state index in [0.29, 0.717) is 28.9 Å². The smallest absolute Gasteiger partial charge is 0.238 e. The van der Waals surface area contributed by atoms with Crippen molar-refractivity contribution >= 4 is 34.8 Å². The van der Waals surface area contributed by atoms with Crippen LogP contribution in [0, 0.1) is 5.92 Å². The second-order valence-corrected chi connectivity index (χ2v) is 6.31. The Bertz CT molecular complexity index is 562. The van der Waals surface area contributed by atoms with Crippen molar-refractivity contribution in [2.24, 2.45) is 5.92 Å². The predicted molar refractivity (Wildman–Crippen MR) is 89.2 cm³/mol. The van der Waals surface area contributed by atoms with Crippen LogP contribution < -0.4 is 10.6 Å². The molecule has 0 saturated carbocycles. The van der Waals surface area contributed by atoms with Crippen molar-refractivity contribution in [3.8, 4) is 0 Å². The number of amides is 2. The highest BCUT2D eigenvalue weighted by atomic mass is 35.5. The molecule has 1 saturated heterocycles. The SMILES string of the molecule is CC(=O)Nc1ccc(NC(=O)CN2CCC[C@@H](C)C2)c(Cl)c1. The van der Waals surface area contributed by atoms with Crippen LogP contribution in [-0.2, 0) is 9.59 Å². The van der Waals surface area contributed by atoms with Crippen LogP contribution in [0.4, 0.5) is 11.4 Å². The Morgan fingerprint density at radius 1 is 1.36 bits per heavy atom. The highest BCUT2D eigenvalue weighted by Gasteiger charge is 2.18. The van der Waals surface area contributed by atoms with Crippen LogP contribution in [0.1, 0.15) is 26.7 Å². The van der Waals surface area contributed by atoms with Crippen LogP contribution in [0.15, 0.2) is 18.2 Å². The van der Waals surface area contributed by atoms with E-state index in [1.54, 1.807) is 18.2 Å². The number of carbonyl (C=O) groups is 2. The standard InChI is InChI=1S/C16H22ClN3O2/c1-11-4-3-7-20(9-11)10-16(22)19-15-6-5-13(8-14(15)17)18-12(2)21/h5-6,8,11H,3-4,7,9-10H2,1-2H3,(H,18,21)(H,19,22)/t11-/m1/s1. The molecular weight excluding hydrogens is 302 g/mol. The summed E-state index contributed by atoms with van der Waals surface area (Å²) in [6.45, 7) is 5.95. The largest absolute Gasteiger partial charge is 0.326 e. The zero-order valence-electron chi connectivity index (χ0n) is 13.0. The summed E-state index contributed by atoms with van der Waals surface area (Å²) < 4.78 is 0. The quantitative estimate of drug-likeness (QED) is 0.895. The number of anilines is 2. The van der Waals surface area contributed by atoms with Gasteiger partial charge in [0.2, 0.25) is 11.8 Å². The molecule has 1 aromatic carbocycles. The van der Waals surface area contributed by atoms with Gasteiger partial charge in [-0.2, -0.15) is 0 Å². The molecule has 0 spiro atoms. The topological polar surface area (TPSA) is 61.4 Å². The van der Waals surface area contributed by atoms with Crippen molar-refractivity contribution in [3.05, 3.63) is 23.2 Å². The lowest BCUT2D eigenvalue weighted by Crippen LogP contribution is -2.39. The van der Waals surface area contributed by atoms with Crippen molar-refractivity contribution in [2.45, 2.75) is 26.7 Å². The summed E-state index contributed by atoms with van der Waals surface area (Å²) in [4.78, 5) is 25.3. The van der Waals surface area contributed by atoms with Gasteiger partial charge in [-0.05, 0) is 43.5 Å². The fraction of sp³-hybridized carbons (Fsp3) is 0.500. The summed E-state index contributed by atoms with van der Waals surface area (Å²) in [5.74, 6) is 0.414. The van der Waals surface area contributed by atoms with E-state index in [9.17, 15) is 9.59 Å². The van der Waals surface area contributed by atoms with E-state index in [0.717, 1.165) is 19.5 Å². The van der Waals surface area contributed by atoms with Crippen molar-refractivity contribution in [1.82, 2.24) is 4.90 Å². The minimum atomic E-state index is -0.160. The first-order chi connectivity index (χ1) is 10.4. The lowest BCUT2D eigenvalue weighted by atomic mass is 10.0. The first kappa shape index (κ1) is 16.8. The van der Waals surface area contributed by atoms with E-state index in [1.165, 1.54) is 13.3 Å². The lowest BCUT2D eigenvalue weighted by Gasteiger charge is -2.30. The Kier molecular flexibility index (Phi) is 5.80. The molecule has 0 aromatic heterocycles. The van der Waals surface area contributed by atoms with Crippen LogP contribution in [0.2, 0.25) is 5.02 Å². The van der Waals surface area contributed by atoms with Gasteiger partial charge in [-0.3, -0.25) is 14.5 Å². The Labute approximate surface area is 136 Å². The van der Waals surface area contributed by atoms with E-state index < -0.39 is 0 Å². The molecule has 0 bridgehead atoms. The van der Waals surface area contributed by atoms with Crippen LogP contribution in [0.25, 0.3) is 0 Å². The van der Waals surface area contributed by atoms with Crippen LogP contribution in [0.3, 0.4) is 0 Å². The first-order valence-electron chi connectivity index (χ1n) is 7.53. The van der Waals surface area contributed by atoms with Crippen molar-refractivity contribution in [2.75, 3.05) is 30.3 Å². The number of likely N-dealkylation sites (tertiary alicyclic amines) is 1. The molecule has 1 heterocycles. The summed E-state index contributed by atoms with van der Waals surface area (Å²) in [5, 5.41) is 5.89. The summed E-state index contributed by atoms with van der Waals surface area (Å²) in [6.07, 6.45) is 2.37. The van der Waals surface area contributed by atoms with Gasteiger partial charge in [0.1, 0.15) is 0 Å². The molecule has 120 valence electrons. The molecule has 1 fully saturated rings. The number of piperidine rings is 1. The monoisotopic (exact) mass is 323 g/mol. The maximum Gasteiger partial charge on any atom is 0.238 e. The van der Waals surface area contributed by atoms with Crippen molar-refractivity contribution < 1.29 is 9.59 Å². The van der Waals surface area contributed by atoms with Gasteiger partial charge in [0.05, 0.1) is 17.3 Å². The third-order valence-electron chi connectivity index (χ3n) is 3.67. The van der Waals surface area contributed by atoms with Gasteiger partial charge < -0.3 is 10.6 Å². The molecular formula is C16H22ClN3O2. The molecule has 0 radical (unpaired) electrons. The molecule has 2 amide bonds. The second-order valence-electron chi connectivity index (χ2n) is 5.91. The number of rotatable bonds is 4. The average Bonchev–Trinajstić information content (AvgIpc) is 2.41. The highest BCUT2D eigenvalue weighted by Crippen LogP contribution is 2.25. The van der Waals surface area contributed by atoms with Gasteiger partial charge in [0, 0.05) is 19.2 Å². The molecule has 1 aliphatic heterocycles. The van der Waals surface area contributed by atoms with Crippen LogP contribution >= 0.6 is 11.6 Å². The predicted octanol–water partition coefficient (Wildman–Crippen LogP) is 2.97. The summed E-state index contributed by atoms with van der Waals surface area (Å²) in [5.41, 5.74) is 1.17. The second kappa shape index (κ2) is 7.61. The van der Waals surface area contributed by atoms with Crippen LogP contribution in [-0.4, -0.2) is 36.3 Å². The lowest BCUT2D eigenvalue weighted by molar-refractivity contribution is -0.117. The number of nitrogens with one attached hydrogen (secondary N) is 2. The number of hydrogen-bond acceptors (Lipinski definition) is 3. The number of hydrogen-bond donors (Lipinski definition) is 2. The summed E-state index contributed by atoms with van der Waals surface area (Å²) in [7, 11) is 0. The summed E-state index contributed by atoms with van der Waals surface area (Å²) in [6, 6.07) is 5.04. The number of carbonyl (C=O) groups excluding carboxylic acids is 2. The minimum absolute atomic E-state index is 0.0664. The first-order valence-corrected chi connectivity index (χ1v) is 7.91. The average molecular weight is 324 g/mol. The molecule has 0 aliphatic carbocycles. The molecule has 2 N–H and O–H groups in total. The molecule has 1 aliphatic rings. The Balaban J connectivity index is 1.92. The van der Waals surface area contributed by atoms with Gasteiger partial charge >= 0.3 is 0 Å². The van der Waals surface area contributed by atoms with Gasteiger partial charge in [0.25, 0.3) is 0 Å². The Morgan fingerprint density at radius 3 is 2.77 bits per heavy atom. The van der Waals surface area contributed by atoms with E-state index in [1.807, 2.05) is 0 Å². The molecule has 22 heavy (non-hydrogen) atoms. The normalized spacial score (nSPS) is 18.8. The van der Waals surface area contributed by atoms with Gasteiger partial charge in [-0.25, -0.2) is 0 Å². The van der Waals surface area contributed by atoms with Gasteiger partial charge in [-0.1, -0.05) is 18.5 Å². The molecule has 0 unspecified atom stereocenters. The third-order valence-corrected chi connectivity index (χ3v) is 3.98. The number of nitrogens with zero attached hydrogens (tertiary/aromatic N) is 1. The van der Waals surface area contributed by atoms with Crippen molar-refractivity contribution in [1.29, 1.82) is 0 Å². The number of halogens is 1. The Morgan fingerprint density at radius 2 is 2.14 bits per heavy atom.